The van der Waals surface area contributed by atoms with Crippen LogP contribution in [0.15, 0.2) is 24.3 Å². The van der Waals surface area contributed by atoms with Crippen LogP contribution in [-0.4, -0.2) is 23.5 Å². The highest BCUT2D eigenvalue weighted by Crippen LogP contribution is 2.64. The zero-order valence-corrected chi connectivity index (χ0v) is 14.6. The summed E-state index contributed by atoms with van der Waals surface area (Å²) < 4.78 is 0. The van der Waals surface area contributed by atoms with Crippen LogP contribution in [0.4, 0.5) is 0 Å². The molecule has 1 atom stereocenters. The van der Waals surface area contributed by atoms with Crippen LogP contribution in [-0.2, 0) is 10.2 Å². The predicted octanol–water partition coefficient (Wildman–Crippen LogP) is 3.92. The molecule has 116 valence electrons. The molecule has 1 N–H and O–H groups in total. The van der Waals surface area contributed by atoms with Crippen LogP contribution >= 0.6 is 11.8 Å². The third-order valence-corrected chi connectivity index (χ3v) is 5.61. The average Bonchev–Trinajstić information content (AvgIpc) is 2.99. The summed E-state index contributed by atoms with van der Waals surface area (Å²) in [6.07, 6.45) is 0.937. The summed E-state index contributed by atoms with van der Waals surface area (Å²) in [5, 5.41) is 3.77. The lowest BCUT2D eigenvalue weighted by molar-refractivity contribution is -0.124. The van der Waals surface area contributed by atoms with Gasteiger partial charge in [0.05, 0.1) is 5.41 Å². The third kappa shape index (κ3) is 3.28. The van der Waals surface area contributed by atoms with Gasteiger partial charge in [-0.1, -0.05) is 57.5 Å². The van der Waals surface area contributed by atoms with Gasteiger partial charge in [-0.25, -0.2) is 0 Å². The largest absolute Gasteiger partial charge is 0.354 e. The van der Waals surface area contributed by atoms with Gasteiger partial charge in [0.2, 0.25) is 5.91 Å². The molecule has 2 rings (SSSR count). The maximum atomic E-state index is 12.8. The molecule has 0 bridgehead atoms. The van der Waals surface area contributed by atoms with Gasteiger partial charge in [0.25, 0.3) is 0 Å². The molecule has 1 aromatic carbocycles. The molecule has 0 unspecified atom stereocenters. The first-order chi connectivity index (χ1) is 9.79. The van der Waals surface area contributed by atoms with Crippen LogP contribution in [0.25, 0.3) is 0 Å². The van der Waals surface area contributed by atoms with Gasteiger partial charge in [-0.05, 0) is 29.6 Å². The van der Waals surface area contributed by atoms with Crippen LogP contribution in [0.2, 0.25) is 0 Å². The van der Waals surface area contributed by atoms with Crippen molar-refractivity contribution in [3.05, 3.63) is 35.4 Å². The van der Waals surface area contributed by atoms with Crippen molar-refractivity contribution in [2.24, 2.45) is 5.41 Å². The molecule has 1 amide bonds. The number of carbonyl (C=O) groups excluding carboxylic acids is 1. The van der Waals surface area contributed by atoms with Crippen molar-refractivity contribution >= 4 is 17.7 Å². The molecule has 1 aliphatic rings. The zero-order valence-electron chi connectivity index (χ0n) is 13.8. The Bertz CT molecular complexity index is 506. The molecule has 0 saturated heterocycles. The van der Waals surface area contributed by atoms with E-state index in [1.807, 2.05) is 11.8 Å². The quantitative estimate of drug-likeness (QED) is 0.807. The Balaban J connectivity index is 2.06. The van der Waals surface area contributed by atoms with Crippen molar-refractivity contribution in [2.75, 3.05) is 12.3 Å². The fourth-order valence-electron chi connectivity index (χ4n) is 3.08. The minimum Gasteiger partial charge on any atom is -0.354 e. The lowest BCUT2D eigenvalue weighted by atomic mass is 9.86. The van der Waals surface area contributed by atoms with Crippen molar-refractivity contribution in [3.63, 3.8) is 0 Å². The van der Waals surface area contributed by atoms with Gasteiger partial charge in [-0.15, -0.1) is 0 Å². The Kier molecular flexibility index (Phi) is 4.72. The van der Waals surface area contributed by atoms with Gasteiger partial charge in [0, 0.05) is 12.3 Å². The van der Waals surface area contributed by atoms with Crippen LogP contribution in [0.5, 0.6) is 0 Å². The van der Waals surface area contributed by atoms with Crippen molar-refractivity contribution in [1.29, 1.82) is 0 Å². The number of thioether (sulfide) groups is 1. The first-order valence-corrected chi connectivity index (χ1v) is 8.81. The second-order valence-corrected chi connectivity index (χ2v) is 8.69. The smallest absolute Gasteiger partial charge is 0.231 e. The molecule has 0 aromatic heterocycles. The van der Waals surface area contributed by atoms with Gasteiger partial charge in [-0.2, -0.15) is 11.8 Å². The molecular weight excluding hydrogens is 278 g/mol. The van der Waals surface area contributed by atoms with E-state index in [-0.39, 0.29) is 16.7 Å². The molecule has 1 aliphatic carbocycles. The minimum atomic E-state index is -0.330. The normalized spacial score (nSPS) is 23.1. The summed E-state index contributed by atoms with van der Waals surface area (Å²) in [5.74, 6) is 1.18. The average molecular weight is 305 g/mol. The van der Waals surface area contributed by atoms with E-state index in [1.165, 1.54) is 5.56 Å². The first kappa shape index (κ1) is 16.4. The molecule has 2 nitrogen and oxygen atoms in total. The van der Waals surface area contributed by atoms with E-state index in [0.29, 0.717) is 5.25 Å². The van der Waals surface area contributed by atoms with Crippen LogP contribution in [0, 0.1) is 12.3 Å². The van der Waals surface area contributed by atoms with Gasteiger partial charge in [-0.3, -0.25) is 4.79 Å². The number of hydrogen-bond donors (Lipinski definition) is 1. The zero-order chi connectivity index (χ0) is 15.7. The Morgan fingerprint density at radius 1 is 1.29 bits per heavy atom. The summed E-state index contributed by atoms with van der Waals surface area (Å²) >= 11 is 1.89. The maximum Gasteiger partial charge on any atom is 0.231 e. The van der Waals surface area contributed by atoms with E-state index in [4.69, 9.17) is 0 Å². The fourth-order valence-corrected chi connectivity index (χ4v) is 3.77. The Morgan fingerprint density at radius 2 is 1.86 bits per heavy atom. The molecule has 1 aromatic rings. The van der Waals surface area contributed by atoms with Gasteiger partial charge in [0.1, 0.15) is 0 Å². The van der Waals surface area contributed by atoms with E-state index in [2.05, 4.69) is 64.2 Å². The number of amides is 1. The first-order valence-electron chi connectivity index (χ1n) is 7.77. The van der Waals surface area contributed by atoms with E-state index in [1.54, 1.807) is 0 Å². The Morgan fingerprint density at radius 3 is 2.33 bits per heavy atom. The second kappa shape index (κ2) is 6.04. The summed E-state index contributed by atoms with van der Waals surface area (Å²) in [6, 6.07) is 8.44. The molecule has 3 heteroatoms. The molecular formula is C18H27NOS. The van der Waals surface area contributed by atoms with Crippen LogP contribution in [0.3, 0.4) is 0 Å². The Hall–Kier alpha value is -0.960. The summed E-state index contributed by atoms with van der Waals surface area (Å²) in [5.41, 5.74) is 2.12. The minimum absolute atomic E-state index is 0.0531. The number of hydrogen-bond acceptors (Lipinski definition) is 2. The topological polar surface area (TPSA) is 29.1 Å². The lowest BCUT2D eigenvalue weighted by Crippen LogP contribution is -2.38. The molecule has 1 fully saturated rings. The van der Waals surface area contributed by atoms with E-state index < -0.39 is 0 Å². The van der Waals surface area contributed by atoms with E-state index >= 15 is 0 Å². The number of benzene rings is 1. The van der Waals surface area contributed by atoms with Crippen LogP contribution < -0.4 is 5.32 Å². The van der Waals surface area contributed by atoms with Crippen molar-refractivity contribution < 1.29 is 4.79 Å². The van der Waals surface area contributed by atoms with Gasteiger partial charge < -0.3 is 5.32 Å². The Labute approximate surface area is 133 Å². The second-order valence-electron chi connectivity index (χ2n) is 7.01. The molecule has 0 radical (unpaired) electrons. The van der Waals surface area contributed by atoms with Crippen LogP contribution in [0.1, 0.15) is 45.2 Å². The third-order valence-electron chi connectivity index (χ3n) is 4.51. The van der Waals surface area contributed by atoms with Gasteiger partial charge in [0.15, 0.2) is 0 Å². The SMILES string of the molecule is Cc1ccc([C@]2(C(=O)NCCSC(C)C)CC2(C)C)cc1. The van der Waals surface area contributed by atoms with Crippen molar-refractivity contribution in [1.82, 2.24) is 5.32 Å². The summed E-state index contributed by atoms with van der Waals surface area (Å²) in [6.45, 7) is 11.6. The molecule has 1 saturated carbocycles. The van der Waals surface area contributed by atoms with Crippen molar-refractivity contribution in [3.8, 4) is 0 Å². The van der Waals surface area contributed by atoms with Gasteiger partial charge >= 0.3 is 0 Å². The molecule has 0 heterocycles. The number of carbonyl (C=O) groups is 1. The molecule has 0 spiro atoms. The number of rotatable bonds is 6. The summed E-state index contributed by atoms with van der Waals surface area (Å²) in [7, 11) is 0. The number of nitrogens with one attached hydrogen (secondary N) is 1. The summed E-state index contributed by atoms with van der Waals surface area (Å²) in [4.78, 5) is 12.8. The lowest BCUT2D eigenvalue weighted by Gasteiger charge is -2.21. The monoisotopic (exact) mass is 305 g/mol. The van der Waals surface area contributed by atoms with E-state index in [0.717, 1.165) is 24.3 Å². The maximum absolute atomic E-state index is 12.8. The van der Waals surface area contributed by atoms with Crippen molar-refractivity contribution in [2.45, 2.75) is 51.7 Å². The highest BCUT2D eigenvalue weighted by Gasteiger charge is 2.66. The van der Waals surface area contributed by atoms with E-state index in [9.17, 15) is 4.79 Å². The molecule has 21 heavy (non-hydrogen) atoms. The fraction of sp³-hybridized carbons (Fsp3) is 0.611. The standard InChI is InChI=1S/C18H27NOS/c1-13(2)21-11-10-19-16(20)18(12-17(18,4)5)15-8-6-14(3)7-9-15/h6-9,13H,10-12H2,1-5H3,(H,19,20)/t18-/m0/s1. The highest BCUT2D eigenvalue weighted by atomic mass is 32.2. The molecule has 0 aliphatic heterocycles. The number of aryl methyl sites for hydroxylation is 1. The highest BCUT2D eigenvalue weighted by molar-refractivity contribution is 7.99. The predicted molar refractivity (Wildman–Crippen MR) is 91.9 cm³/mol.